The summed E-state index contributed by atoms with van der Waals surface area (Å²) in [7, 11) is 4.11. The van der Waals surface area contributed by atoms with Gasteiger partial charge in [-0.3, -0.25) is 4.79 Å². The Morgan fingerprint density at radius 3 is 2.58 bits per heavy atom. The standard InChI is InChI=1S/C21H26N2O/c1-23(2)20(17-10-4-3-5-11-17)15-22-21(24)19-14-8-12-16-9-6-7-13-18(16)19/h3-7,9-11,13,19-20H,8,12,14-15H2,1-2H3,(H,22,24)/t19-,20+/m1/s1. The molecule has 0 heterocycles. The Hall–Kier alpha value is -2.13. The Balaban J connectivity index is 1.69. The van der Waals surface area contributed by atoms with Gasteiger partial charge in [0.15, 0.2) is 0 Å². The van der Waals surface area contributed by atoms with Gasteiger partial charge in [0.25, 0.3) is 0 Å². The molecular formula is C21H26N2O. The van der Waals surface area contributed by atoms with Gasteiger partial charge in [0.05, 0.1) is 12.0 Å². The summed E-state index contributed by atoms with van der Waals surface area (Å²) in [6, 6.07) is 18.9. The molecule has 1 aliphatic carbocycles. The smallest absolute Gasteiger partial charge is 0.227 e. The van der Waals surface area contributed by atoms with Gasteiger partial charge in [-0.2, -0.15) is 0 Å². The number of nitrogens with zero attached hydrogens (tertiary/aromatic N) is 1. The average Bonchev–Trinajstić information content (AvgIpc) is 2.62. The van der Waals surface area contributed by atoms with E-state index >= 15 is 0 Å². The summed E-state index contributed by atoms with van der Waals surface area (Å²) < 4.78 is 0. The van der Waals surface area contributed by atoms with Gasteiger partial charge < -0.3 is 10.2 Å². The van der Waals surface area contributed by atoms with Gasteiger partial charge in [-0.25, -0.2) is 0 Å². The zero-order chi connectivity index (χ0) is 16.9. The van der Waals surface area contributed by atoms with Crippen LogP contribution in [0, 0.1) is 0 Å². The van der Waals surface area contributed by atoms with Crippen LogP contribution in [0.2, 0.25) is 0 Å². The number of amides is 1. The van der Waals surface area contributed by atoms with E-state index in [-0.39, 0.29) is 17.9 Å². The Morgan fingerprint density at radius 2 is 1.83 bits per heavy atom. The van der Waals surface area contributed by atoms with Crippen molar-refractivity contribution in [1.29, 1.82) is 0 Å². The monoisotopic (exact) mass is 322 g/mol. The molecule has 0 fully saturated rings. The fourth-order valence-corrected chi connectivity index (χ4v) is 3.62. The molecule has 3 nitrogen and oxygen atoms in total. The third-order valence-corrected chi connectivity index (χ3v) is 4.96. The Bertz CT molecular complexity index is 681. The normalized spacial score (nSPS) is 18.0. The Morgan fingerprint density at radius 1 is 1.12 bits per heavy atom. The van der Waals surface area contributed by atoms with E-state index in [9.17, 15) is 4.79 Å². The fourth-order valence-electron chi connectivity index (χ4n) is 3.62. The van der Waals surface area contributed by atoms with Gasteiger partial charge in [0.2, 0.25) is 5.91 Å². The molecule has 126 valence electrons. The second kappa shape index (κ2) is 7.63. The number of carbonyl (C=O) groups excluding carboxylic acids is 1. The van der Waals surface area contributed by atoms with Crippen molar-refractivity contribution in [1.82, 2.24) is 10.2 Å². The first-order chi connectivity index (χ1) is 11.7. The molecule has 0 spiro atoms. The van der Waals surface area contributed by atoms with Crippen molar-refractivity contribution in [2.75, 3.05) is 20.6 Å². The van der Waals surface area contributed by atoms with E-state index in [0.717, 1.165) is 19.3 Å². The number of likely N-dealkylation sites (N-methyl/N-ethyl adjacent to an activating group) is 1. The number of benzene rings is 2. The third-order valence-electron chi connectivity index (χ3n) is 4.96. The lowest BCUT2D eigenvalue weighted by molar-refractivity contribution is -0.123. The molecular weight excluding hydrogens is 296 g/mol. The minimum absolute atomic E-state index is 0.00599. The molecule has 0 saturated carbocycles. The molecule has 24 heavy (non-hydrogen) atoms. The second-order valence-electron chi connectivity index (χ2n) is 6.78. The topological polar surface area (TPSA) is 32.3 Å². The van der Waals surface area contributed by atoms with Gasteiger partial charge in [-0.1, -0.05) is 54.6 Å². The molecule has 3 heteroatoms. The molecule has 0 aromatic heterocycles. The van der Waals surface area contributed by atoms with Crippen molar-refractivity contribution in [2.45, 2.75) is 31.2 Å². The quantitative estimate of drug-likeness (QED) is 0.913. The molecule has 0 unspecified atom stereocenters. The molecule has 2 atom stereocenters. The minimum Gasteiger partial charge on any atom is -0.354 e. The fraction of sp³-hybridized carbons (Fsp3) is 0.381. The summed E-state index contributed by atoms with van der Waals surface area (Å²) in [5.41, 5.74) is 3.77. The average molecular weight is 322 g/mol. The Kier molecular flexibility index (Phi) is 5.31. The third kappa shape index (κ3) is 3.68. The number of fused-ring (bicyclic) bond motifs is 1. The molecule has 2 aromatic rings. The van der Waals surface area contributed by atoms with Gasteiger partial charge in [-0.05, 0) is 50.0 Å². The van der Waals surface area contributed by atoms with E-state index < -0.39 is 0 Å². The molecule has 1 aliphatic rings. The predicted molar refractivity (Wildman–Crippen MR) is 98.0 cm³/mol. The predicted octanol–water partition coefficient (Wildman–Crippen LogP) is 3.53. The van der Waals surface area contributed by atoms with Gasteiger partial charge in [-0.15, -0.1) is 0 Å². The first-order valence-corrected chi connectivity index (χ1v) is 8.73. The molecule has 2 aromatic carbocycles. The van der Waals surface area contributed by atoms with Crippen LogP contribution in [0.25, 0.3) is 0 Å². The summed E-state index contributed by atoms with van der Waals surface area (Å²) in [6.07, 6.45) is 3.12. The van der Waals surface area contributed by atoms with Crippen LogP contribution in [-0.2, 0) is 11.2 Å². The number of nitrogens with one attached hydrogen (secondary N) is 1. The number of hydrogen-bond acceptors (Lipinski definition) is 2. The summed E-state index contributed by atoms with van der Waals surface area (Å²) in [5.74, 6) is 0.151. The summed E-state index contributed by atoms with van der Waals surface area (Å²) in [4.78, 5) is 14.9. The van der Waals surface area contributed by atoms with E-state index in [1.54, 1.807) is 0 Å². The molecule has 0 aliphatic heterocycles. The molecule has 1 amide bonds. The first kappa shape index (κ1) is 16.7. The minimum atomic E-state index is -0.00599. The van der Waals surface area contributed by atoms with Crippen LogP contribution >= 0.6 is 0 Å². The van der Waals surface area contributed by atoms with Crippen molar-refractivity contribution < 1.29 is 4.79 Å². The van der Waals surface area contributed by atoms with E-state index in [0.29, 0.717) is 6.54 Å². The maximum absolute atomic E-state index is 12.8. The maximum Gasteiger partial charge on any atom is 0.227 e. The SMILES string of the molecule is CN(C)[C@@H](CNC(=O)[C@@H]1CCCc2ccccc21)c1ccccc1. The summed E-state index contributed by atoms with van der Waals surface area (Å²) in [6.45, 7) is 0.633. The number of hydrogen-bond donors (Lipinski definition) is 1. The van der Waals surface area contributed by atoms with Gasteiger partial charge >= 0.3 is 0 Å². The molecule has 3 rings (SSSR count). The van der Waals surface area contributed by atoms with Crippen LogP contribution in [0.15, 0.2) is 54.6 Å². The van der Waals surface area contributed by atoms with E-state index in [1.807, 2.05) is 24.3 Å². The van der Waals surface area contributed by atoms with Crippen LogP contribution in [-0.4, -0.2) is 31.4 Å². The van der Waals surface area contributed by atoms with Gasteiger partial charge in [0.1, 0.15) is 0 Å². The van der Waals surface area contributed by atoms with Crippen molar-refractivity contribution in [3.8, 4) is 0 Å². The summed E-state index contributed by atoms with van der Waals surface area (Å²) in [5, 5.41) is 3.19. The highest BCUT2D eigenvalue weighted by Crippen LogP contribution is 2.31. The van der Waals surface area contributed by atoms with Crippen molar-refractivity contribution in [3.63, 3.8) is 0 Å². The highest BCUT2D eigenvalue weighted by atomic mass is 16.1. The van der Waals surface area contributed by atoms with Crippen molar-refractivity contribution in [2.24, 2.45) is 0 Å². The zero-order valence-corrected chi connectivity index (χ0v) is 14.5. The number of rotatable bonds is 5. The highest BCUT2D eigenvalue weighted by Gasteiger charge is 2.26. The number of aryl methyl sites for hydroxylation is 1. The second-order valence-corrected chi connectivity index (χ2v) is 6.78. The highest BCUT2D eigenvalue weighted by molar-refractivity contribution is 5.84. The Labute approximate surface area is 144 Å². The lowest BCUT2D eigenvalue weighted by Crippen LogP contribution is -2.37. The summed E-state index contributed by atoms with van der Waals surface area (Å²) >= 11 is 0. The lowest BCUT2D eigenvalue weighted by atomic mass is 9.82. The zero-order valence-electron chi connectivity index (χ0n) is 14.5. The van der Waals surface area contributed by atoms with E-state index in [1.165, 1.54) is 16.7 Å². The van der Waals surface area contributed by atoms with Gasteiger partial charge in [0, 0.05) is 6.54 Å². The van der Waals surface area contributed by atoms with Crippen molar-refractivity contribution in [3.05, 3.63) is 71.3 Å². The molecule has 1 N–H and O–H groups in total. The number of carbonyl (C=O) groups is 1. The largest absolute Gasteiger partial charge is 0.354 e. The van der Waals surface area contributed by atoms with Crippen LogP contribution in [0.1, 0.15) is 41.5 Å². The van der Waals surface area contributed by atoms with Crippen LogP contribution in [0.3, 0.4) is 0 Å². The molecule has 0 saturated heterocycles. The van der Waals surface area contributed by atoms with Crippen molar-refractivity contribution >= 4 is 5.91 Å². The van der Waals surface area contributed by atoms with Crippen LogP contribution < -0.4 is 5.32 Å². The van der Waals surface area contributed by atoms with Crippen LogP contribution in [0.5, 0.6) is 0 Å². The molecule has 0 radical (unpaired) electrons. The van der Waals surface area contributed by atoms with E-state index in [2.05, 4.69) is 54.6 Å². The lowest BCUT2D eigenvalue weighted by Gasteiger charge is -2.28. The van der Waals surface area contributed by atoms with E-state index in [4.69, 9.17) is 0 Å². The molecule has 0 bridgehead atoms. The van der Waals surface area contributed by atoms with Crippen LogP contribution in [0.4, 0.5) is 0 Å². The maximum atomic E-state index is 12.8. The first-order valence-electron chi connectivity index (χ1n) is 8.73.